The molecule has 4 aromatic rings. The van der Waals surface area contributed by atoms with Gasteiger partial charge in [0.15, 0.2) is 11.7 Å². The molecule has 0 unspecified atom stereocenters. The average Bonchev–Trinajstić information content (AvgIpc) is 3.62. The van der Waals surface area contributed by atoms with E-state index >= 15 is 0 Å². The Labute approximate surface area is 240 Å². The Hall–Kier alpha value is -4.14. The molecule has 2 heterocycles. The number of oxazole rings is 1. The van der Waals surface area contributed by atoms with E-state index in [-0.39, 0.29) is 24.0 Å². The van der Waals surface area contributed by atoms with Crippen LogP contribution in [0.3, 0.4) is 0 Å². The first-order valence-corrected chi connectivity index (χ1v) is 14.1. The number of methoxy groups -OCH3 is 1. The standard InChI is InChI=1S/C33H29F4N3O2/c1-32-16-20-17-39-40(23-8-6-22(34)7-9-23)28(20)15-21(32)5-12-25-26(32)13-14-27(33(35,36)37)30(25)31-38-18-29(42-31)19-3-10-24(41-2)11-4-19/h3-4,6-11,13,15,17-18,25,27,30H,5,12,14,16H2,1-2H3/t25-,27+,30+,32-/m0/s1. The van der Waals surface area contributed by atoms with E-state index in [9.17, 15) is 17.6 Å². The van der Waals surface area contributed by atoms with Crippen molar-refractivity contribution in [2.75, 3.05) is 7.11 Å². The highest BCUT2D eigenvalue weighted by Crippen LogP contribution is 2.61. The molecule has 3 aliphatic rings. The van der Waals surface area contributed by atoms with Crippen molar-refractivity contribution >= 4 is 6.08 Å². The minimum absolute atomic E-state index is 0.120. The van der Waals surface area contributed by atoms with Gasteiger partial charge in [0.2, 0.25) is 0 Å². The van der Waals surface area contributed by atoms with Crippen LogP contribution >= 0.6 is 0 Å². The van der Waals surface area contributed by atoms with Gasteiger partial charge < -0.3 is 9.15 Å². The molecule has 0 amide bonds. The van der Waals surface area contributed by atoms with Crippen LogP contribution in [0, 0.1) is 23.1 Å². The van der Waals surface area contributed by atoms with Crippen molar-refractivity contribution in [2.24, 2.45) is 17.3 Å². The van der Waals surface area contributed by atoms with Crippen LogP contribution in [0.1, 0.15) is 49.3 Å². The number of ether oxygens (including phenoxy) is 1. The second-order valence-corrected chi connectivity index (χ2v) is 11.6. The fourth-order valence-corrected chi connectivity index (χ4v) is 7.24. The van der Waals surface area contributed by atoms with Gasteiger partial charge in [0.05, 0.1) is 42.7 Å². The Morgan fingerprint density at radius 3 is 2.52 bits per heavy atom. The van der Waals surface area contributed by atoms with E-state index in [0.717, 1.165) is 28.1 Å². The average molecular weight is 576 g/mol. The zero-order chi connectivity index (χ0) is 29.2. The van der Waals surface area contributed by atoms with Gasteiger partial charge in [0.1, 0.15) is 11.6 Å². The second kappa shape index (κ2) is 9.71. The van der Waals surface area contributed by atoms with Gasteiger partial charge in [-0.1, -0.05) is 24.1 Å². The maximum atomic E-state index is 14.5. The SMILES string of the molecule is COc1ccc(-c2cnc([C@H]3[C@H](C(F)(F)F)CC=C4[C@@H]3CCC3=Cc5c(cnn5-c5ccc(F)cc5)C[C@@]34C)o2)cc1. The van der Waals surface area contributed by atoms with Gasteiger partial charge in [-0.15, -0.1) is 0 Å². The molecule has 7 rings (SSSR count). The van der Waals surface area contributed by atoms with Gasteiger partial charge in [0.25, 0.3) is 0 Å². The molecule has 0 saturated heterocycles. The van der Waals surface area contributed by atoms with Gasteiger partial charge in [-0.3, -0.25) is 0 Å². The molecule has 5 nitrogen and oxygen atoms in total. The number of allylic oxidation sites excluding steroid dienone is 3. The fraction of sp³-hybridized carbons (Fsp3) is 0.333. The molecule has 3 aliphatic carbocycles. The lowest BCUT2D eigenvalue weighted by molar-refractivity contribution is -0.187. The van der Waals surface area contributed by atoms with E-state index in [2.05, 4.69) is 23.1 Å². The van der Waals surface area contributed by atoms with E-state index in [1.807, 2.05) is 12.3 Å². The number of nitrogens with zero attached hydrogens (tertiary/aromatic N) is 3. The third-order valence-electron chi connectivity index (χ3n) is 9.34. The van der Waals surface area contributed by atoms with E-state index in [0.29, 0.717) is 30.8 Å². The molecule has 0 radical (unpaired) electrons. The van der Waals surface area contributed by atoms with Crippen molar-refractivity contribution in [1.29, 1.82) is 0 Å². The Bertz CT molecular complexity index is 1700. The van der Waals surface area contributed by atoms with Crippen LogP contribution in [0.25, 0.3) is 23.1 Å². The lowest BCUT2D eigenvalue weighted by Gasteiger charge is -2.50. The lowest BCUT2D eigenvalue weighted by Crippen LogP contribution is -2.44. The molecule has 216 valence electrons. The summed E-state index contributed by atoms with van der Waals surface area (Å²) in [6.07, 6.45) is 4.62. The van der Waals surface area contributed by atoms with Gasteiger partial charge >= 0.3 is 6.18 Å². The predicted molar refractivity (Wildman–Crippen MR) is 150 cm³/mol. The number of rotatable bonds is 4. The summed E-state index contributed by atoms with van der Waals surface area (Å²) >= 11 is 0. The highest BCUT2D eigenvalue weighted by molar-refractivity contribution is 5.64. The highest BCUT2D eigenvalue weighted by Gasteiger charge is 2.56. The summed E-state index contributed by atoms with van der Waals surface area (Å²) < 4.78 is 70.2. The fourth-order valence-electron chi connectivity index (χ4n) is 7.24. The van der Waals surface area contributed by atoms with Gasteiger partial charge in [0, 0.05) is 11.0 Å². The molecule has 0 N–H and O–H groups in total. The molecule has 0 aliphatic heterocycles. The smallest absolute Gasteiger partial charge is 0.392 e. The van der Waals surface area contributed by atoms with Crippen LogP contribution in [-0.2, 0) is 6.42 Å². The molecule has 42 heavy (non-hydrogen) atoms. The minimum Gasteiger partial charge on any atom is -0.497 e. The maximum absolute atomic E-state index is 14.5. The van der Waals surface area contributed by atoms with Crippen molar-refractivity contribution in [3.63, 3.8) is 0 Å². The summed E-state index contributed by atoms with van der Waals surface area (Å²) in [6, 6.07) is 13.4. The number of benzene rings is 2. The predicted octanol–water partition coefficient (Wildman–Crippen LogP) is 8.32. The molecule has 2 aromatic carbocycles. The van der Waals surface area contributed by atoms with Crippen LogP contribution in [0.4, 0.5) is 17.6 Å². The summed E-state index contributed by atoms with van der Waals surface area (Å²) in [5.41, 5.74) is 5.20. The summed E-state index contributed by atoms with van der Waals surface area (Å²) in [6.45, 7) is 2.14. The first kappa shape index (κ1) is 26.7. The Kier molecular flexibility index (Phi) is 6.18. The number of fused-ring (bicyclic) bond motifs is 4. The van der Waals surface area contributed by atoms with Crippen molar-refractivity contribution in [1.82, 2.24) is 14.8 Å². The Balaban J connectivity index is 1.25. The zero-order valence-corrected chi connectivity index (χ0v) is 23.2. The molecule has 0 spiro atoms. The first-order chi connectivity index (χ1) is 20.2. The van der Waals surface area contributed by atoms with Crippen LogP contribution in [0.5, 0.6) is 5.75 Å². The Morgan fingerprint density at radius 2 is 1.81 bits per heavy atom. The zero-order valence-electron chi connectivity index (χ0n) is 23.2. The van der Waals surface area contributed by atoms with Crippen LogP contribution in [0.15, 0.2) is 82.6 Å². The molecule has 9 heteroatoms. The number of aromatic nitrogens is 3. The van der Waals surface area contributed by atoms with Crippen molar-refractivity contribution in [2.45, 2.75) is 44.7 Å². The monoisotopic (exact) mass is 575 g/mol. The van der Waals surface area contributed by atoms with E-state index < -0.39 is 23.4 Å². The Morgan fingerprint density at radius 1 is 1.05 bits per heavy atom. The third-order valence-corrected chi connectivity index (χ3v) is 9.34. The van der Waals surface area contributed by atoms with Crippen molar-refractivity contribution in [3.05, 3.63) is 101 Å². The molecule has 1 saturated carbocycles. The molecular weight excluding hydrogens is 546 g/mol. The largest absolute Gasteiger partial charge is 0.497 e. The lowest BCUT2D eigenvalue weighted by atomic mass is 9.54. The summed E-state index contributed by atoms with van der Waals surface area (Å²) in [5.74, 6) is -1.93. The summed E-state index contributed by atoms with van der Waals surface area (Å²) in [5, 5.41) is 4.59. The van der Waals surface area contributed by atoms with Gasteiger partial charge in [-0.05, 0) is 91.8 Å². The molecular formula is C33H29F4N3O2. The number of halogens is 4. The molecule has 4 atom stereocenters. The highest BCUT2D eigenvalue weighted by atomic mass is 19.4. The van der Waals surface area contributed by atoms with Crippen molar-refractivity contribution in [3.8, 4) is 22.8 Å². The normalized spacial score (nSPS) is 25.1. The quantitative estimate of drug-likeness (QED) is 0.181. The molecule has 2 aromatic heterocycles. The van der Waals surface area contributed by atoms with E-state index in [4.69, 9.17) is 9.15 Å². The molecule has 1 fully saturated rings. The van der Waals surface area contributed by atoms with Gasteiger partial charge in [-0.25, -0.2) is 14.1 Å². The summed E-state index contributed by atoms with van der Waals surface area (Å²) in [7, 11) is 1.57. The number of hydrogen-bond acceptors (Lipinski definition) is 4. The summed E-state index contributed by atoms with van der Waals surface area (Å²) in [4.78, 5) is 4.44. The molecule has 0 bridgehead atoms. The van der Waals surface area contributed by atoms with E-state index in [1.165, 1.54) is 23.9 Å². The van der Waals surface area contributed by atoms with Crippen LogP contribution in [0.2, 0.25) is 0 Å². The second-order valence-electron chi connectivity index (χ2n) is 11.6. The van der Waals surface area contributed by atoms with Gasteiger partial charge in [-0.2, -0.15) is 18.3 Å². The number of hydrogen-bond donors (Lipinski definition) is 0. The van der Waals surface area contributed by atoms with E-state index in [1.54, 1.807) is 48.2 Å². The topological polar surface area (TPSA) is 53.1 Å². The third kappa shape index (κ3) is 4.28. The minimum atomic E-state index is -4.39. The van der Waals surface area contributed by atoms with Crippen molar-refractivity contribution < 1.29 is 26.7 Å². The number of alkyl halides is 3. The van der Waals surface area contributed by atoms with Crippen LogP contribution in [-0.4, -0.2) is 28.1 Å². The first-order valence-electron chi connectivity index (χ1n) is 14.1. The maximum Gasteiger partial charge on any atom is 0.392 e. The van der Waals surface area contributed by atoms with Crippen LogP contribution < -0.4 is 4.74 Å².